The number of carbonyl (C=O) groups is 1. The summed E-state index contributed by atoms with van der Waals surface area (Å²) < 4.78 is 13.6. The van der Waals surface area contributed by atoms with Crippen LogP contribution in [0.15, 0.2) is 12.4 Å². The molecule has 2 saturated heterocycles. The molecule has 0 aliphatic carbocycles. The molecule has 24 heavy (non-hydrogen) atoms. The van der Waals surface area contributed by atoms with Crippen molar-refractivity contribution in [2.45, 2.75) is 64.2 Å². The molecule has 0 bridgehead atoms. The SMILES string of the molecule is CCc1nccn1[C@@H]1CCCN(C(=O)[C@H](C)OC[C@H]2CCCO2)C1. The Morgan fingerprint density at radius 2 is 2.33 bits per heavy atom. The number of rotatable bonds is 6. The van der Waals surface area contributed by atoms with E-state index in [1.165, 1.54) is 0 Å². The maximum absolute atomic E-state index is 12.7. The molecule has 134 valence electrons. The number of hydrogen-bond acceptors (Lipinski definition) is 4. The average Bonchev–Trinajstić information content (AvgIpc) is 3.30. The molecule has 1 aromatic rings. The molecule has 0 saturated carbocycles. The molecular weight excluding hydrogens is 306 g/mol. The third-order valence-corrected chi connectivity index (χ3v) is 5.07. The molecule has 1 amide bonds. The zero-order valence-electron chi connectivity index (χ0n) is 14.8. The molecule has 0 aromatic carbocycles. The van der Waals surface area contributed by atoms with Gasteiger partial charge in [0, 0.05) is 38.5 Å². The van der Waals surface area contributed by atoms with Crippen molar-refractivity contribution in [1.29, 1.82) is 0 Å². The quantitative estimate of drug-likeness (QED) is 0.800. The first kappa shape index (κ1) is 17.4. The molecule has 2 aliphatic heterocycles. The predicted octanol–water partition coefficient (Wildman–Crippen LogP) is 2.19. The van der Waals surface area contributed by atoms with Crippen LogP contribution >= 0.6 is 0 Å². The monoisotopic (exact) mass is 335 g/mol. The lowest BCUT2D eigenvalue weighted by Gasteiger charge is -2.35. The van der Waals surface area contributed by atoms with Crippen LogP contribution in [0.4, 0.5) is 0 Å². The van der Waals surface area contributed by atoms with Crippen molar-refractivity contribution < 1.29 is 14.3 Å². The molecular formula is C18H29N3O3. The highest BCUT2D eigenvalue weighted by Gasteiger charge is 2.29. The van der Waals surface area contributed by atoms with E-state index in [2.05, 4.69) is 16.5 Å². The molecule has 2 fully saturated rings. The van der Waals surface area contributed by atoms with Crippen molar-refractivity contribution in [1.82, 2.24) is 14.5 Å². The van der Waals surface area contributed by atoms with E-state index in [0.29, 0.717) is 12.6 Å². The summed E-state index contributed by atoms with van der Waals surface area (Å²) in [5, 5.41) is 0. The average molecular weight is 335 g/mol. The van der Waals surface area contributed by atoms with Gasteiger partial charge in [-0.2, -0.15) is 0 Å². The molecule has 0 unspecified atom stereocenters. The number of imidazole rings is 1. The van der Waals surface area contributed by atoms with Gasteiger partial charge in [0.25, 0.3) is 5.91 Å². The number of amides is 1. The molecule has 3 rings (SSSR count). The second-order valence-corrected chi connectivity index (χ2v) is 6.80. The van der Waals surface area contributed by atoms with Crippen LogP contribution in [0.1, 0.15) is 51.4 Å². The third-order valence-electron chi connectivity index (χ3n) is 5.07. The summed E-state index contributed by atoms with van der Waals surface area (Å²) in [7, 11) is 0. The zero-order valence-corrected chi connectivity index (χ0v) is 14.8. The fourth-order valence-corrected chi connectivity index (χ4v) is 3.69. The van der Waals surface area contributed by atoms with E-state index in [-0.39, 0.29) is 12.0 Å². The van der Waals surface area contributed by atoms with E-state index in [1.54, 1.807) is 0 Å². The topological polar surface area (TPSA) is 56.6 Å². The summed E-state index contributed by atoms with van der Waals surface area (Å²) in [6.07, 6.45) is 8.81. The summed E-state index contributed by atoms with van der Waals surface area (Å²) in [6, 6.07) is 0.325. The third kappa shape index (κ3) is 3.98. The fraction of sp³-hybridized carbons (Fsp3) is 0.778. The van der Waals surface area contributed by atoms with E-state index in [9.17, 15) is 4.79 Å². The van der Waals surface area contributed by atoms with Crippen molar-refractivity contribution in [3.8, 4) is 0 Å². The number of carbonyl (C=O) groups excluding carboxylic acids is 1. The van der Waals surface area contributed by atoms with Crippen molar-refractivity contribution in [2.75, 3.05) is 26.3 Å². The van der Waals surface area contributed by atoms with Crippen LogP contribution in [-0.4, -0.2) is 58.9 Å². The van der Waals surface area contributed by atoms with Crippen LogP contribution in [0.3, 0.4) is 0 Å². The van der Waals surface area contributed by atoms with Crippen LogP contribution < -0.4 is 0 Å². The van der Waals surface area contributed by atoms with Gasteiger partial charge in [0.05, 0.1) is 18.8 Å². The van der Waals surface area contributed by atoms with Crippen LogP contribution in [0.25, 0.3) is 0 Å². The van der Waals surface area contributed by atoms with E-state index < -0.39 is 6.10 Å². The summed E-state index contributed by atoms with van der Waals surface area (Å²) in [5.41, 5.74) is 0. The highest BCUT2D eigenvalue weighted by atomic mass is 16.5. The van der Waals surface area contributed by atoms with Crippen molar-refractivity contribution in [2.24, 2.45) is 0 Å². The van der Waals surface area contributed by atoms with Crippen molar-refractivity contribution in [3.05, 3.63) is 18.2 Å². The van der Waals surface area contributed by atoms with Gasteiger partial charge in [0.1, 0.15) is 11.9 Å². The van der Waals surface area contributed by atoms with E-state index in [4.69, 9.17) is 9.47 Å². The van der Waals surface area contributed by atoms with Crippen molar-refractivity contribution >= 4 is 5.91 Å². The number of aromatic nitrogens is 2. The van der Waals surface area contributed by atoms with Gasteiger partial charge >= 0.3 is 0 Å². The molecule has 1 aromatic heterocycles. The molecule has 3 heterocycles. The summed E-state index contributed by atoms with van der Waals surface area (Å²) in [4.78, 5) is 19.1. The molecule has 0 N–H and O–H groups in total. The number of aryl methyl sites for hydroxylation is 1. The van der Waals surface area contributed by atoms with Gasteiger partial charge < -0.3 is 18.9 Å². The highest BCUT2D eigenvalue weighted by Crippen LogP contribution is 2.24. The summed E-state index contributed by atoms with van der Waals surface area (Å²) in [5.74, 6) is 1.19. The Morgan fingerprint density at radius 3 is 3.08 bits per heavy atom. The number of ether oxygens (including phenoxy) is 2. The molecule has 0 spiro atoms. The van der Waals surface area contributed by atoms with Gasteiger partial charge in [-0.25, -0.2) is 4.98 Å². The summed E-state index contributed by atoms with van der Waals surface area (Å²) >= 11 is 0. The minimum atomic E-state index is -0.401. The molecule has 6 heteroatoms. The molecule has 6 nitrogen and oxygen atoms in total. The first-order valence-corrected chi connectivity index (χ1v) is 9.22. The Labute approximate surface area is 144 Å². The Bertz CT molecular complexity index is 539. The first-order valence-electron chi connectivity index (χ1n) is 9.22. The van der Waals surface area contributed by atoms with Crippen LogP contribution in [-0.2, 0) is 20.7 Å². The van der Waals surface area contributed by atoms with Gasteiger partial charge in [0.2, 0.25) is 0 Å². The largest absolute Gasteiger partial charge is 0.376 e. The maximum Gasteiger partial charge on any atom is 0.251 e. The van der Waals surface area contributed by atoms with Gasteiger partial charge in [-0.05, 0) is 32.6 Å². The highest BCUT2D eigenvalue weighted by molar-refractivity contribution is 5.80. The Hall–Kier alpha value is -1.40. The number of likely N-dealkylation sites (tertiary alicyclic amines) is 1. The Morgan fingerprint density at radius 1 is 1.46 bits per heavy atom. The second-order valence-electron chi connectivity index (χ2n) is 6.80. The van der Waals surface area contributed by atoms with Crippen LogP contribution in [0, 0.1) is 0 Å². The van der Waals surface area contributed by atoms with E-state index in [1.807, 2.05) is 24.2 Å². The molecule has 3 atom stereocenters. The van der Waals surface area contributed by atoms with Gasteiger partial charge in [0.15, 0.2) is 0 Å². The van der Waals surface area contributed by atoms with Gasteiger partial charge in [-0.15, -0.1) is 0 Å². The maximum atomic E-state index is 12.7. The first-order chi connectivity index (χ1) is 11.7. The minimum absolute atomic E-state index is 0.0934. The Kier molecular flexibility index (Phi) is 5.89. The predicted molar refractivity (Wildman–Crippen MR) is 90.8 cm³/mol. The van der Waals surface area contributed by atoms with Crippen molar-refractivity contribution in [3.63, 3.8) is 0 Å². The lowest BCUT2D eigenvalue weighted by atomic mass is 10.0. The Balaban J connectivity index is 1.54. The van der Waals surface area contributed by atoms with Crippen LogP contribution in [0.2, 0.25) is 0 Å². The number of piperidine rings is 1. The fourth-order valence-electron chi connectivity index (χ4n) is 3.69. The van der Waals surface area contributed by atoms with Gasteiger partial charge in [-0.3, -0.25) is 4.79 Å². The lowest BCUT2D eigenvalue weighted by Crippen LogP contribution is -2.45. The van der Waals surface area contributed by atoms with Crippen LogP contribution in [0.5, 0.6) is 0 Å². The standard InChI is InChI=1S/C18H29N3O3/c1-3-17-19-8-10-21(17)15-6-4-9-20(12-15)18(22)14(2)24-13-16-7-5-11-23-16/h8,10,14-16H,3-7,9,11-13H2,1-2H3/t14-,15+,16+/m0/s1. The smallest absolute Gasteiger partial charge is 0.251 e. The molecule has 0 radical (unpaired) electrons. The summed E-state index contributed by atoms with van der Waals surface area (Å²) in [6.45, 7) is 6.87. The number of hydrogen-bond donors (Lipinski definition) is 0. The minimum Gasteiger partial charge on any atom is -0.376 e. The lowest BCUT2D eigenvalue weighted by molar-refractivity contribution is -0.146. The second kappa shape index (κ2) is 8.12. The molecule has 2 aliphatic rings. The van der Waals surface area contributed by atoms with Gasteiger partial charge in [-0.1, -0.05) is 6.92 Å². The number of nitrogens with zero attached hydrogens (tertiary/aromatic N) is 3. The van der Waals surface area contributed by atoms with E-state index >= 15 is 0 Å². The van der Waals surface area contributed by atoms with E-state index in [0.717, 1.165) is 57.6 Å². The zero-order chi connectivity index (χ0) is 16.9. The normalized spacial score (nSPS) is 25.8.